The maximum atomic E-state index is 10.2. The topological polar surface area (TPSA) is 43.1 Å². The third-order valence-corrected chi connectivity index (χ3v) is 1.19. The lowest BCUT2D eigenvalue weighted by atomic mass is 10.2. The molecular weight excluding hydrogens is 114 g/mol. The number of hydrogen-bond acceptors (Lipinski definition) is 2. The van der Waals surface area contributed by atoms with Gasteiger partial charge in [-0.3, -0.25) is 4.79 Å². The highest BCUT2D eigenvalue weighted by atomic mass is 16.1. The molecule has 1 rings (SSSR count). The molecule has 0 fully saturated rings. The van der Waals surface area contributed by atoms with Gasteiger partial charge in [-0.1, -0.05) is 18.2 Å². The van der Waals surface area contributed by atoms with Crippen molar-refractivity contribution in [3.63, 3.8) is 0 Å². The Bertz CT molecular complexity index is 211. The van der Waals surface area contributed by atoms with Crippen LogP contribution >= 0.6 is 0 Å². The van der Waals surface area contributed by atoms with Crippen molar-refractivity contribution < 1.29 is 4.79 Å². The molecule has 0 aromatic heterocycles. The highest BCUT2D eigenvalue weighted by Gasteiger charge is 2.02. The fraction of sp³-hybridized carbons (Fsp3) is 0. The molecule has 2 nitrogen and oxygen atoms in total. The number of allylic oxidation sites excluding steroid dienone is 5. The molecule has 0 saturated heterocycles. The minimum absolute atomic E-state index is 0.650. The Balaban J connectivity index is 2.91. The number of aldehydes is 1. The maximum Gasteiger partial charge on any atom is 0.150 e. The number of hydrogen-bond donors (Lipinski definition) is 1. The quantitative estimate of drug-likeness (QED) is 0.514. The van der Waals surface area contributed by atoms with E-state index in [0.29, 0.717) is 5.57 Å². The summed E-state index contributed by atoms with van der Waals surface area (Å²) >= 11 is 0. The predicted octanol–water partition coefficient (Wildman–Crippen LogP) is 0.524. The molecule has 1 aliphatic rings. The van der Waals surface area contributed by atoms with Gasteiger partial charge in [0.2, 0.25) is 0 Å². The number of carbonyl (C=O) groups excluding carboxylic acids is 1. The van der Waals surface area contributed by atoms with E-state index in [0.717, 1.165) is 11.9 Å². The summed E-state index contributed by atoms with van der Waals surface area (Å²) in [5, 5.41) is 0. The molecule has 0 amide bonds. The Morgan fingerprint density at radius 3 is 2.78 bits per heavy atom. The van der Waals surface area contributed by atoms with Gasteiger partial charge in [-0.2, -0.15) is 0 Å². The van der Waals surface area contributed by atoms with E-state index in [4.69, 9.17) is 5.73 Å². The van der Waals surface area contributed by atoms with Crippen LogP contribution in [0.1, 0.15) is 0 Å². The first-order valence-corrected chi connectivity index (χ1v) is 2.64. The number of carbonyl (C=O) groups is 1. The minimum atomic E-state index is 0.650. The number of nitrogens with two attached hydrogens (primary N) is 1. The van der Waals surface area contributed by atoms with Gasteiger partial charge in [0.25, 0.3) is 0 Å². The second kappa shape index (κ2) is 2.31. The van der Waals surface area contributed by atoms with Crippen LogP contribution in [0.25, 0.3) is 0 Å². The lowest BCUT2D eigenvalue weighted by Gasteiger charge is -1.89. The molecular formula is C7H7NO. The Morgan fingerprint density at radius 2 is 2.33 bits per heavy atom. The van der Waals surface area contributed by atoms with Gasteiger partial charge < -0.3 is 5.73 Å². The lowest BCUT2D eigenvalue weighted by molar-refractivity contribution is -0.104. The lowest BCUT2D eigenvalue weighted by Crippen LogP contribution is -1.88. The SMILES string of the molecule is NC=C1C=CC=C1C=O. The van der Waals surface area contributed by atoms with Crippen molar-refractivity contribution in [2.24, 2.45) is 5.73 Å². The standard InChI is InChI=1S/C7H7NO/c8-4-6-2-1-3-7(6)5-9/h1-5H,8H2. The highest BCUT2D eigenvalue weighted by Crippen LogP contribution is 2.13. The van der Waals surface area contributed by atoms with Gasteiger partial charge >= 0.3 is 0 Å². The van der Waals surface area contributed by atoms with Crippen LogP contribution in [-0.4, -0.2) is 6.29 Å². The summed E-state index contributed by atoms with van der Waals surface area (Å²) in [5.41, 5.74) is 6.63. The molecule has 0 aliphatic heterocycles. The average molecular weight is 121 g/mol. The zero-order valence-corrected chi connectivity index (χ0v) is 4.87. The van der Waals surface area contributed by atoms with Crippen LogP contribution in [0.2, 0.25) is 0 Å². The summed E-state index contributed by atoms with van der Waals surface area (Å²) in [6.45, 7) is 0. The van der Waals surface area contributed by atoms with Crippen molar-refractivity contribution in [1.82, 2.24) is 0 Å². The molecule has 46 valence electrons. The van der Waals surface area contributed by atoms with Gasteiger partial charge in [-0.05, 0) is 0 Å². The van der Waals surface area contributed by atoms with Gasteiger partial charge in [0.05, 0.1) is 0 Å². The van der Waals surface area contributed by atoms with E-state index in [2.05, 4.69) is 0 Å². The molecule has 0 heterocycles. The molecule has 0 bridgehead atoms. The summed E-state index contributed by atoms with van der Waals surface area (Å²) in [4.78, 5) is 10.2. The smallest absolute Gasteiger partial charge is 0.150 e. The molecule has 2 N–H and O–H groups in total. The van der Waals surface area contributed by atoms with Crippen LogP contribution in [0.15, 0.2) is 35.6 Å². The summed E-state index contributed by atoms with van der Waals surface area (Å²) in [6, 6.07) is 0. The minimum Gasteiger partial charge on any atom is -0.404 e. The zero-order valence-electron chi connectivity index (χ0n) is 4.87. The zero-order chi connectivity index (χ0) is 6.69. The van der Waals surface area contributed by atoms with Crippen molar-refractivity contribution in [2.75, 3.05) is 0 Å². The van der Waals surface area contributed by atoms with Gasteiger partial charge in [0.1, 0.15) is 0 Å². The molecule has 0 aromatic carbocycles. The van der Waals surface area contributed by atoms with Crippen molar-refractivity contribution in [3.05, 3.63) is 35.6 Å². The molecule has 0 saturated carbocycles. The fourth-order valence-electron chi connectivity index (χ4n) is 0.707. The highest BCUT2D eigenvalue weighted by molar-refractivity contribution is 5.84. The van der Waals surface area contributed by atoms with E-state index in [-0.39, 0.29) is 0 Å². The Hall–Kier alpha value is -1.31. The van der Waals surface area contributed by atoms with Crippen molar-refractivity contribution in [2.45, 2.75) is 0 Å². The summed E-state index contributed by atoms with van der Waals surface area (Å²) in [7, 11) is 0. The van der Waals surface area contributed by atoms with Crippen LogP contribution in [-0.2, 0) is 4.79 Å². The van der Waals surface area contributed by atoms with Crippen LogP contribution in [0, 0.1) is 0 Å². The van der Waals surface area contributed by atoms with Crippen LogP contribution < -0.4 is 5.73 Å². The fourth-order valence-corrected chi connectivity index (χ4v) is 0.707. The van der Waals surface area contributed by atoms with Gasteiger partial charge in [-0.15, -0.1) is 0 Å². The van der Waals surface area contributed by atoms with Crippen molar-refractivity contribution >= 4 is 6.29 Å². The van der Waals surface area contributed by atoms with Crippen molar-refractivity contribution in [1.29, 1.82) is 0 Å². The third kappa shape index (κ3) is 0.914. The normalized spacial score (nSPS) is 20.4. The second-order valence-corrected chi connectivity index (χ2v) is 1.72. The average Bonchev–Trinajstić information content (AvgIpc) is 2.33. The van der Waals surface area contributed by atoms with Gasteiger partial charge in [0, 0.05) is 17.3 Å². The van der Waals surface area contributed by atoms with E-state index in [9.17, 15) is 4.79 Å². The molecule has 9 heavy (non-hydrogen) atoms. The summed E-state index contributed by atoms with van der Waals surface area (Å²) in [6.07, 6.45) is 7.53. The largest absolute Gasteiger partial charge is 0.404 e. The van der Waals surface area contributed by atoms with Gasteiger partial charge in [-0.25, -0.2) is 0 Å². The first-order valence-electron chi connectivity index (χ1n) is 2.64. The molecule has 2 heteroatoms. The molecule has 0 unspecified atom stereocenters. The van der Waals surface area contributed by atoms with E-state index in [1.807, 2.05) is 0 Å². The maximum absolute atomic E-state index is 10.2. The van der Waals surface area contributed by atoms with Crippen LogP contribution in [0.4, 0.5) is 0 Å². The first-order chi connectivity index (χ1) is 4.38. The first kappa shape index (κ1) is 5.82. The Kier molecular flexibility index (Phi) is 1.49. The molecule has 0 atom stereocenters. The summed E-state index contributed by atoms with van der Waals surface area (Å²) < 4.78 is 0. The molecule has 1 aliphatic carbocycles. The van der Waals surface area contributed by atoms with Crippen LogP contribution in [0.3, 0.4) is 0 Å². The van der Waals surface area contributed by atoms with E-state index >= 15 is 0 Å². The molecule has 0 aromatic rings. The monoisotopic (exact) mass is 121 g/mol. The number of rotatable bonds is 1. The Labute approximate surface area is 53.4 Å². The molecule has 0 spiro atoms. The predicted molar refractivity (Wildman–Crippen MR) is 35.6 cm³/mol. The van der Waals surface area contributed by atoms with Crippen molar-refractivity contribution in [3.8, 4) is 0 Å². The van der Waals surface area contributed by atoms with E-state index in [1.165, 1.54) is 6.20 Å². The second-order valence-electron chi connectivity index (χ2n) is 1.72. The summed E-state index contributed by atoms with van der Waals surface area (Å²) in [5.74, 6) is 0. The van der Waals surface area contributed by atoms with E-state index in [1.54, 1.807) is 18.2 Å². The Morgan fingerprint density at radius 1 is 1.56 bits per heavy atom. The van der Waals surface area contributed by atoms with Crippen LogP contribution in [0.5, 0.6) is 0 Å². The molecule has 0 radical (unpaired) electrons. The van der Waals surface area contributed by atoms with Gasteiger partial charge in [0.15, 0.2) is 6.29 Å². The third-order valence-electron chi connectivity index (χ3n) is 1.19. The van der Waals surface area contributed by atoms with E-state index < -0.39 is 0 Å².